The first kappa shape index (κ1) is 33.1. The number of hydrogen-bond donors (Lipinski definition) is 0. The normalized spacial score (nSPS) is 16.6. The Morgan fingerprint density at radius 1 is 0.542 bits per heavy atom. The van der Waals surface area contributed by atoms with Crippen molar-refractivity contribution >= 4 is 35.6 Å². The van der Waals surface area contributed by atoms with Gasteiger partial charge >= 0.3 is 24.0 Å². The predicted octanol–water partition coefficient (Wildman–Crippen LogP) is 5.20. The second kappa shape index (κ2) is 14.9. The van der Waals surface area contributed by atoms with E-state index in [4.69, 9.17) is 18.9 Å². The summed E-state index contributed by atoms with van der Waals surface area (Å²) in [4.78, 5) is 76.1. The number of benzene rings is 4. The molecule has 0 aromatic heterocycles. The number of cyclic esters (lactones) is 2. The van der Waals surface area contributed by atoms with Gasteiger partial charge in [0.1, 0.15) is 36.8 Å². The number of rotatable bonds is 8. The van der Waals surface area contributed by atoms with E-state index < -0.39 is 47.7 Å². The molecular formula is C36H30N2O10. The van der Waals surface area contributed by atoms with Gasteiger partial charge in [0.25, 0.3) is 11.6 Å². The number of imide groups is 2. The number of amides is 4. The lowest BCUT2D eigenvalue weighted by Gasteiger charge is -2.19. The third-order valence-corrected chi connectivity index (χ3v) is 7.64. The fourth-order valence-corrected chi connectivity index (χ4v) is 5.25. The van der Waals surface area contributed by atoms with E-state index >= 15 is 0 Å². The molecule has 0 aliphatic carbocycles. The monoisotopic (exact) mass is 650 g/mol. The fourth-order valence-electron chi connectivity index (χ4n) is 5.25. The highest BCUT2D eigenvalue weighted by molar-refractivity contribution is 6.45. The third kappa shape index (κ3) is 6.77. The van der Waals surface area contributed by atoms with Gasteiger partial charge in [-0.05, 0) is 35.4 Å². The maximum Gasteiger partial charge on any atom is 0.417 e. The number of ether oxygens (including phenoxy) is 4. The van der Waals surface area contributed by atoms with Gasteiger partial charge in [0.05, 0.1) is 25.3 Å². The molecule has 4 aromatic carbocycles. The highest BCUT2D eigenvalue weighted by Crippen LogP contribution is 2.31. The minimum absolute atomic E-state index is 0.0216. The highest BCUT2D eigenvalue weighted by atomic mass is 16.6. The molecule has 2 aliphatic heterocycles. The summed E-state index contributed by atoms with van der Waals surface area (Å²) in [6.45, 7) is 0.0432. The van der Waals surface area contributed by atoms with Crippen LogP contribution in [0.4, 0.5) is 9.59 Å². The fraction of sp³-hybridized carbons (Fsp3) is 0.167. The van der Waals surface area contributed by atoms with Crippen LogP contribution in [0.15, 0.2) is 109 Å². The number of Topliss-reactive ketones (excluding diaryl/α,β-unsaturated/α-hetero) is 2. The van der Waals surface area contributed by atoms with Gasteiger partial charge in [-0.1, -0.05) is 84.9 Å². The van der Waals surface area contributed by atoms with Crippen molar-refractivity contribution in [1.29, 1.82) is 0 Å². The number of hydrogen-bond acceptors (Lipinski definition) is 10. The second-order valence-electron chi connectivity index (χ2n) is 10.4. The summed E-state index contributed by atoms with van der Waals surface area (Å²) in [6, 6.07) is 29.5. The summed E-state index contributed by atoms with van der Waals surface area (Å²) in [7, 11) is 2.82. The molecule has 2 atom stereocenters. The molecule has 244 valence electrons. The van der Waals surface area contributed by atoms with Crippen molar-refractivity contribution in [3.63, 3.8) is 0 Å². The van der Waals surface area contributed by atoms with Crippen molar-refractivity contribution in [2.45, 2.75) is 12.1 Å². The molecular weight excluding hydrogens is 620 g/mol. The molecule has 0 N–H and O–H groups in total. The average molecular weight is 651 g/mol. The van der Waals surface area contributed by atoms with Gasteiger partial charge in [-0.15, -0.1) is 0 Å². The van der Waals surface area contributed by atoms with Crippen LogP contribution < -0.4 is 9.47 Å². The van der Waals surface area contributed by atoms with E-state index in [1.165, 1.54) is 26.4 Å². The predicted molar refractivity (Wildman–Crippen MR) is 169 cm³/mol. The van der Waals surface area contributed by atoms with Crippen LogP contribution in [-0.2, 0) is 19.1 Å². The van der Waals surface area contributed by atoms with Crippen LogP contribution in [0.2, 0.25) is 0 Å². The summed E-state index contributed by atoms with van der Waals surface area (Å²) >= 11 is 0. The number of carbonyl (C=O) groups is 6. The number of nitrogens with zero attached hydrogens (tertiary/aromatic N) is 2. The van der Waals surface area contributed by atoms with Crippen LogP contribution in [0.1, 0.15) is 43.9 Å². The van der Waals surface area contributed by atoms with Crippen LogP contribution in [0.5, 0.6) is 11.5 Å². The Hall–Kier alpha value is -6.30. The van der Waals surface area contributed by atoms with E-state index in [-0.39, 0.29) is 35.8 Å². The topological polar surface area (TPSA) is 146 Å². The van der Waals surface area contributed by atoms with Gasteiger partial charge in [-0.2, -0.15) is 0 Å². The van der Waals surface area contributed by atoms with Crippen LogP contribution >= 0.6 is 0 Å². The largest absolute Gasteiger partial charge is 0.496 e. The van der Waals surface area contributed by atoms with Crippen molar-refractivity contribution in [3.8, 4) is 11.5 Å². The van der Waals surface area contributed by atoms with Gasteiger partial charge in [-0.3, -0.25) is 19.2 Å². The van der Waals surface area contributed by atoms with Crippen molar-refractivity contribution in [3.05, 3.63) is 131 Å². The Kier molecular flexibility index (Phi) is 10.2. The zero-order valence-corrected chi connectivity index (χ0v) is 25.9. The molecule has 2 saturated heterocycles. The van der Waals surface area contributed by atoms with Gasteiger partial charge in [0.2, 0.25) is 0 Å². The lowest BCUT2D eigenvalue weighted by molar-refractivity contribution is -0.125. The van der Waals surface area contributed by atoms with Gasteiger partial charge in [-0.25, -0.2) is 19.4 Å². The molecule has 0 saturated carbocycles. The van der Waals surface area contributed by atoms with Crippen molar-refractivity contribution in [2.75, 3.05) is 27.4 Å². The molecule has 2 aliphatic rings. The molecule has 4 aromatic rings. The Morgan fingerprint density at radius 3 is 1.23 bits per heavy atom. The first-order valence-electron chi connectivity index (χ1n) is 14.7. The Balaban J connectivity index is 0.000000188. The first-order valence-corrected chi connectivity index (χ1v) is 14.7. The van der Waals surface area contributed by atoms with Crippen LogP contribution in [0.3, 0.4) is 0 Å². The van der Waals surface area contributed by atoms with E-state index in [0.717, 1.165) is 20.9 Å². The molecule has 6 rings (SSSR count). The Morgan fingerprint density at radius 2 is 0.875 bits per heavy atom. The summed E-state index contributed by atoms with van der Waals surface area (Å²) in [5, 5.41) is 0. The Labute approximate surface area is 275 Å². The number of para-hydroxylation sites is 2. The van der Waals surface area contributed by atoms with Crippen molar-refractivity contribution in [2.24, 2.45) is 0 Å². The molecule has 48 heavy (non-hydrogen) atoms. The molecule has 0 unspecified atom stereocenters. The Bertz CT molecular complexity index is 1710. The molecule has 2 fully saturated rings. The zero-order valence-electron chi connectivity index (χ0n) is 25.9. The quantitative estimate of drug-likeness (QED) is 0.184. The molecule has 0 radical (unpaired) electrons. The standard InChI is InChI=1S/2C18H15NO5/c2*1-23-15-10-6-5-9-13(15)16(20)17(21)19-14(11-24-18(19)22)12-7-3-2-4-8-12/h2*2-10,14H,11H2,1H3/t2*14-/m00/s1. The van der Waals surface area contributed by atoms with E-state index in [1.807, 2.05) is 12.1 Å². The average Bonchev–Trinajstić information content (AvgIpc) is 3.73. The van der Waals surface area contributed by atoms with Crippen LogP contribution in [-0.4, -0.2) is 72.8 Å². The minimum Gasteiger partial charge on any atom is -0.496 e. The van der Waals surface area contributed by atoms with E-state index in [9.17, 15) is 28.8 Å². The van der Waals surface area contributed by atoms with Crippen LogP contribution in [0.25, 0.3) is 0 Å². The summed E-state index contributed by atoms with van der Waals surface area (Å²) in [5.74, 6) is -2.94. The molecule has 0 spiro atoms. The molecule has 0 bridgehead atoms. The van der Waals surface area contributed by atoms with Gasteiger partial charge < -0.3 is 18.9 Å². The lowest BCUT2D eigenvalue weighted by atomic mass is 10.0. The third-order valence-electron chi connectivity index (χ3n) is 7.64. The first-order chi connectivity index (χ1) is 23.3. The molecule has 2 heterocycles. The lowest BCUT2D eigenvalue weighted by Crippen LogP contribution is -2.39. The number of carbonyl (C=O) groups excluding carboxylic acids is 6. The van der Waals surface area contributed by atoms with Crippen molar-refractivity contribution in [1.82, 2.24) is 9.80 Å². The highest BCUT2D eigenvalue weighted by Gasteiger charge is 2.43. The summed E-state index contributed by atoms with van der Waals surface area (Å²) < 4.78 is 20.2. The minimum atomic E-state index is -0.934. The van der Waals surface area contributed by atoms with Gasteiger partial charge in [0, 0.05) is 0 Å². The van der Waals surface area contributed by atoms with Crippen LogP contribution in [0, 0.1) is 0 Å². The molecule has 12 heteroatoms. The zero-order chi connectivity index (χ0) is 34.2. The summed E-state index contributed by atoms with van der Waals surface area (Å²) in [6.07, 6.45) is -1.64. The second-order valence-corrected chi connectivity index (χ2v) is 10.4. The van der Waals surface area contributed by atoms with Crippen molar-refractivity contribution < 1.29 is 47.7 Å². The van der Waals surface area contributed by atoms with E-state index in [0.29, 0.717) is 0 Å². The number of ketones is 2. The van der Waals surface area contributed by atoms with Gasteiger partial charge in [0.15, 0.2) is 0 Å². The number of methoxy groups -OCH3 is 2. The molecule has 12 nitrogen and oxygen atoms in total. The maximum atomic E-state index is 12.6. The summed E-state index contributed by atoms with van der Waals surface area (Å²) in [5.41, 5.74) is 1.67. The smallest absolute Gasteiger partial charge is 0.417 e. The maximum absolute atomic E-state index is 12.6. The molecule has 4 amide bonds. The van der Waals surface area contributed by atoms with E-state index in [1.54, 1.807) is 84.9 Å². The van der Waals surface area contributed by atoms with E-state index in [2.05, 4.69) is 0 Å². The SMILES string of the molecule is COc1ccccc1C(=O)C(=O)N1C(=O)OC[C@H]1c1ccccc1.COc1ccccc1C(=O)C(=O)N1C(=O)OC[C@H]1c1ccccc1.